The van der Waals surface area contributed by atoms with Gasteiger partial charge in [0.2, 0.25) is 11.4 Å². The maximum atomic E-state index is 6.38. The van der Waals surface area contributed by atoms with E-state index in [2.05, 4.69) is 67.0 Å². The number of fused-ring (bicyclic) bond motifs is 3. The van der Waals surface area contributed by atoms with Gasteiger partial charge in [0.15, 0.2) is 11.8 Å². The molecule has 4 aromatic rings. The van der Waals surface area contributed by atoms with Gasteiger partial charge < -0.3 is 4.42 Å². The maximum Gasteiger partial charge on any atom is 0.227 e. The predicted octanol–water partition coefficient (Wildman–Crippen LogP) is 6.06. The van der Waals surface area contributed by atoms with Gasteiger partial charge in [0.25, 0.3) is 0 Å². The van der Waals surface area contributed by atoms with Crippen molar-refractivity contribution in [3.8, 4) is 11.3 Å². The van der Waals surface area contributed by atoms with Crippen LogP contribution in [0.5, 0.6) is 0 Å². The van der Waals surface area contributed by atoms with E-state index in [0.717, 1.165) is 22.4 Å². The molecule has 1 aliphatic carbocycles. The van der Waals surface area contributed by atoms with Crippen molar-refractivity contribution in [1.82, 2.24) is 4.98 Å². The summed E-state index contributed by atoms with van der Waals surface area (Å²) >= 11 is 0. The summed E-state index contributed by atoms with van der Waals surface area (Å²) < 4.78 is 8.60. The monoisotopic (exact) mass is 371 g/mol. The van der Waals surface area contributed by atoms with Gasteiger partial charge in [-0.2, -0.15) is 0 Å². The lowest BCUT2D eigenvalue weighted by Gasteiger charge is -2.12. The Balaban J connectivity index is 1.81. The summed E-state index contributed by atoms with van der Waals surface area (Å²) in [5.41, 5.74) is 9.06. The Morgan fingerprint density at radius 2 is 1.79 bits per heavy atom. The molecule has 28 heavy (non-hydrogen) atoms. The third-order valence-electron chi connectivity index (χ3n) is 6.40. The van der Waals surface area contributed by atoms with Crippen LogP contribution >= 0.6 is 0 Å². The Hall–Kier alpha value is -2.68. The minimum absolute atomic E-state index is 0.696. The second kappa shape index (κ2) is 6.44. The number of rotatable bonds is 2. The highest BCUT2D eigenvalue weighted by atomic mass is 16.3. The number of pyridine rings is 2. The van der Waals surface area contributed by atoms with Crippen molar-refractivity contribution < 1.29 is 8.98 Å². The molecule has 3 nitrogen and oxygen atoms in total. The molecule has 3 heteroatoms. The van der Waals surface area contributed by atoms with E-state index in [9.17, 15) is 0 Å². The van der Waals surface area contributed by atoms with Gasteiger partial charge in [-0.1, -0.05) is 18.9 Å². The molecule has 1 fully saturated rings. The van der Waals surface area contributed by atoms with Crippen LogP contribution in [0.2, 0.25) is 0 Å². The first-order chi connectivity index (χ1) is 13.5. The van der Waals surface area contributed by atoms with Crippen molar-refractivity contribution in [2.45, 2.75) is 52.4 Å². The van der Waals surface area contributed by atoms with Crippen LogP contribution in [0.1, 0.15) is 54.0 Å². The van der Waals surface area contributed by atoms with Crippen LogP contribution in [0.25, 0.3) is 33.3 Å². The van der Waals surface area contributed by atoms with Crippen LogP contribution in [-0.4, -0.2) is 4.98 Å². The summed E-state index contributed by atoms with van der Waals surface area (Å²) in [6.45, 7) is 6.37. The Bertz CT molecular complexity index is 1210. The lowest BCUT2D eigenvalue weighted by Crippen LogP contribution is -2.31. The molecule has 0 bridgehead atoms. The molecule has 5 rings (SSSR count). The molecule has 3 heterocycles. The van der Waals surface area contributed by atoms with Crippen LogP contribution in [0.3, 0.4) is 0 Å². The van der Waals surface area contributed by atoms with Gasteiger partial charge in [-0.05, 0) is 68.4 Å². The summed E-state index contributed by atoms with van der Waals surface area (Å²) in [5.74, 6) is 0.696. The quantitative estimate of drug-likeness (QED) is 0.401. The molecule has 1 aliphatic rings. The molecule has 0 aliphatic heterocycles. The second-order valence-electron chi connectivity index (χ2n) is 8.43. The molecule has 0 spiro atoms. The van der Waals surface area contributed by atoms with E-state index < -0.39 is 0 Å². The van der Waals surface area contributed by atoms with E-state index in [-0.39, 0.29) is 0 Å². The van der Waals surface area contributed by atoms with Gasteiger partial charge in [-0.15, -0.1) is 0 Å². The largest absolute Gasteiger partial charge is 0.437 e. The number of aromatic nitrogens is 2. The van der Waals surface area contributed by atoms with E-state index in [0.29, 0.717) is 5.92 Å². The molecule has 0 amide bonds. The van der Waals surface area contributed by atoms with E-state index >= 15 is 0 Å². The van der Waals surface area contributed by atoms with E-state index in [1.54, 1.807) is 0 Å². The smallest absolute Gasteiger partial charge is 0.227 e. The van der Waals surface area contributed by atoms with E-state index in [4.69, 9.17) is 4.42 Å². The van der Waals surface area contributed by atoms with E-state index in [1.165, 1.54) is 59.0 Å². The third kappa shape index (κ3) is 2.64. The fourth-order valence-corrected chi connectivity index (χ4v) is 4.95. The summed E-state index contributed by atoms with van der Waals surface area (Å²) in [4.78, 5) is 4.65. The lowest BCUT2D eigenvalue weighted by molar-refractivity contribution is -0.660. The molecule has 0 atom stereocenters. The average molecular weight is 372 g/mol. The van der Waals surface area contributed by atoms with E-state index in [1.807, 2.05) is 6.92 Å². The van der Waals surface area contributed by atoms with Gasteiger partial charge >= 0.3 is 0 Å². The standard InChI is InChI=1S/C25H27N2O/c1-15-13-16(2)23(24-22(15)20-10-9-17(3)26-25(20)28-24)21-14-19(11-12-27(21)4)18-7-5-6-8-18/h9-14,18H,5-8H2,1-4H3/q+1. The summed E-state index contributed by atoms with van der Waals surface area (Å²) in [6, 6.07) is 11.2. The van der Waals surface area contributed by atoms with Crippen LogP contribution in [0, 0.1) is 20.8 Å². The van der Waals surface area contributed by atoms with Crippen molar-refractivity contribution in [2.24, 2.45) is 7.05 Å². The normalized spacial score (nSPS) is 15.1. The highest BCUT2D eigenvalue weighted by Crippen LogP contribution is 2.40. The van der Waals surface area contributed by atoms with Crippen molar-refractivity contribution in [3.63, 3.8) is 0 Å². The Kier molecular flexibility index (Phi) is 4.01. The van der Waals surface area contributed by atoms with Crippen molar-refractivity contribution in [3.05, 3.63) is 58.9 Å². The van der Waals surface area contributed by atoms with Crippen LogP contribution < -0.4 is 4.57 Å². The van der Waals surface area contributed by atoms with Crippen molar-refractivity contribution >= 4 is 22.1 Å². The molecule has 1 saturated carbocycles. The fourth-order valence-electron chi connectivity index (χ4n) is 4.95. The number of hydrogen-bond acceptors (Lipinski definition) is 2. The number of furan rings is 1. The second-order valence-corrected chi connectivity index (χ2v) is 8.43. The van der Waals surface area contributed by atoms with Gasteiger partial charge in [0, 0.05) is 28.6 Å². The Labute approximate surface area is 166 Å². The predicted molar refractivity (Wildman–Crippen MR) is 114 cm³/mol. The third-order valence-corrected chi connectivity index (χ3v) is 6.40. The van der Waals surface area contributed by atoms with Crippen molar-refractivity contribution in [2.75, 3.05) is 0 Å². The highest BCUT2D eigenvalue weighted by molar-refractivity contribution is 6.10. The topological polar surface area (TPSA) is 29.9 Å². The first-order valence-corrected chi connectivity index (χ1v) is 10.3. The molecule has 0 saturated heterocycles. The van der Waals surface area contributed by atoms with Gasteiger partial charge in [0.05, 0.1) is 5.56 Å². The minimum Gasteiger partial charge on any atom is -0.437 e. The SMILES string of the molecule is Cc1ccc2c(n1)oc1c(-c3cc(C4CCCC4)cc[n+]3C)c(C)cc(C)c12. The van der Waals surface area contributed by atoms with Crippen LogP contribution in [0.4, 0.5) is 0 Å². The first kappa shape index (κ1) is 17.4. The van der Waals surface area contributed by atoms with Gasteiger partial charge in [-0.25, -0.2) is 9.55 Å². The first-order valence-electron chi connectivity index (χ1n) is 10.3. The lowest BCUT2D eigenvalue weighted by atomic mass is 9.93. The summed E-state index contributed by atoms with van der Waals surface area (Å²) in [6.07, 6.45) is 7.53. The summed E-state index contributed by atoms with van der Waals surface area (Å²) in [7, 11) is 2.13. The molecule has 0 N–H and O–H groups in total. The average Bonchev–Trinajstić information content (AvgIpc) is 3.30. The molecule has 142 valence electrons. The Morgan fingerprint density at radius 3 is 2.57 bits per heavy atom. The van der Waals surface area contributed by atoms with Crippen LogP contribution in [0.15, 0.2) is 40.9 Å². The zero-order chi connectivity index (χ0) is 19.4. The van der Waals surface area contributed by atoms with Gasteiger partial charge in [-0.3, -0.25) is 0 Å². The van der Waals surface area contributed by atoms with Crippen molar-refractivity contribution in [1.29, 1.82) is 0 Å². The molecular weight excluding hydrogens is 344 g/mol. The molecule has 0 radical (unpaired) electrons. The summed E-state index contributed by atoms with van der Waals surface area (Å²) in [5, 5.41) is 2.29. The molecular formula is C25H27N2O+. The maximum absolute atomic E-state index is 6.38. The fraction of sp³-hybridized carbons (Fsp3) is 0.360. The Morgan fingerprint density at radius 1 is 1.00 bits per heavy atom. The molecule has 3 aromatic heterocycles. The molecule has 1 aromatic carbocycles. The number of benzene rings is 1. The number of hydrogen-bond donors (Lipinski definition) is 0. The zero-order valence-electron chi connectivity index (χ0n) is 17.2. The number of nitrogens with zero attached hydrogens (tertiary/aromatic N) is 2. The highest BCUT2D eigenvalue weighted by Gasteiger charge is 2.25. The molecule has 0 unspecified atom stereocenters. The van der Waals surface area contributed by atoms with Crippen LogP contribution in [-0.2, 0) is 7.05 Å². The number of aryl methyl sites for hydroxylation is 4. The van der Waals surface area contributed by atoms with Gasteiger partial charge in [0.1, 0.15) is 7.05 Å². The zero-order valence-corrected chi connectivity index (χ0v) is 17.2. The minimum atomic E-state index is 0.696.